The standard InChI is InChI=1S/C21H24N4O3/c26-19-10-16(21(28)23-7-1-2-8-23)11-25(19)17-12-24(13-17)20(27)15-4-3-14-5-6-22-18(14)9-15/h3-6,9,16-17,22H,1-2,7-8,10-13H2. The molecule has 1 aromatic carbocycles. The molecule has 3 aliphatic rings. The third kappa shape index (κ3) is 2.85. The predicted molar refractivity (Wildman–Crippen MR) is 104 cm³/mol. The van der Waals surface area contributed by atoms with Crippen molar-refractivity contribution in [1.82, 2.24) is 19.7 Å². The molecular weight excluding hydrogens is 356 g/mol. The summed E-state index contributed by atoms with van der Waals surface area (Å²) in [5.74, 6) is -0.0583. The number of carbonyl (C=O) groups is 3. The number of carbonyl (C=O) groups excluding carboxylic acids is 3. The van der Waals surface area contributed by atoms with Gasteiger partial charge < -0.3 is 19.7 Å². The summed E-state index contributed by atoms with van der Waals surface area (Å²) in [6, 6.07) is 7.66. The van der Waals surface area contributed by atoms with Gasteiger partial charge in [-0.3, -0.25) is 14.4 Å². The monoisotopic (exact) mass is 380 g/mol. The van der Waals surface area contributed by atoms with E-state index in [1.54, 1.807) is 4.90 Å². The third-order valence-electron chi connectivity index (χ3n) is 6.32. The quantitative estimate of drug-likeness (QED) is 0.876. The summed E-state index contributed by atoms with van der Waals surface area (Å²) in [4.78, 5) is 46.4. The molecule has 7 heteroatoms. The number of amides is 3. The highest BCUT2D eigenvalue weighted by molar-refractivity contribution is 5.98. The van der Waals surface area contributed by atoms with Crippen LogP contribution in [0.3, 0.4) is 0 Å². The highest BCUT2D eigenvalue weighted by Crippen LogP contribution is 2.28. The Morgan fingerprint density at radius 3 is 2.57 bits per heavy atom. The molecular formula is C21H24N4O3. The van der Waals surface area contributed by atoms with Gasteiger partial charge in [-0.2, -0.15) is 0 Å². The number of hydrogen-bond acceptors (Lipinski definition) is 3. The van der Waals surface area contributed by atoms with Crippen molar-refractivity contribution < 1.29 is 14.4 Å². The molecule has 0 aliphatic carbocycles. The van der Waals surface area contributed by atoms with Gasteiger partial charge in [0, 0.05) is 56.4 Å². The van der Waals surface area contributed by atoms with Crippen molar-refractivity contribution in [1.29, 1.82) is 0 Å². The van der Waals surface area contributed by atoms with Gasteiger partial charge in [-0.1, -0.05) is 6.07 Å². The molecule has 1 N–H and O–H groups in total. The summed E-state index contributed by atoms with van der Waals surface area (Å²) in [6.07, 6.45) is 4.29. The topological polar surface area (TPSA) is 76.7 Å². The molecule has 4 heterocycles. The summed E-state index contributed by atoms with van der Waals surface area (Å²) in [6.45, 7) is 3.21. The SMILES string of the molecule is O=C(c1ccc2cc[nH]c2c1)N1CC(N2CC(C(=O)N3CCCC3)CC2=O)C1. The van der Waals surface area contributed by atoms with E-state index in [0.717, 1.165) is 36.8 Å². The number of likely N-dealkylation sites (tertiary alicyclic amines) is 3. The van der Waals surface area contributed by atoms with Crippen molar-refractivity contribution in [3.63, 3.8) is 0 Å². The minimum atomic E-state index is -0.217. The second-order valence-corrected chi connectivity index (χ2v) is 8.12. The van der Waals surface area contributed by atoms with Gasteiger partial charge in [0.1, 0.15) is 0 Å². The van der Waals surface area contributed by atoms with E-state index >= 15 is 0 Å². The van der Waals surface area contributed by atoms with E-state index in [9.17, 15) is 14.4 Å². The van der Waals surface area contributed by atoms with Gasteiger partial charge in [0.05, 0.1) is 12.0 Å². The smallest absolute Gasteiger partial charge is 0.254 e. The van der Waals surface area contributed by atoms with Crippen molar-refractivity contribution in [3.8, 4) is 0 Å². The number of aromatic nitrogens is 1. The van der Waals surface area contributed by atoms with E-state index in [2.05, 4.69) is 4.98 Å². The maximum absolute atomic E-state index is 12.7. The van der Waals surface area contributed by atoms with Crippen LogP contribution in [0.1, 0.15) is 29.6 Å². The van der Waals surface area contributed by atoms with E-state index < -0.39 is 0 Å². The van der Waals surface area contributed by atoms with E-state index in [-0.39, 0.29) is 29.7 Å². The molecule has 3 aliphatic heterocycles. The Kier molecular flexibility index (Phi) is 4.10. The van der Waals surface area contributed by atoms with Crippen LogP contribution in [-0.4, -0.2) is 76.2 Å². The van der Waals surface area contributed by atoms with Crippen LogP contribution < -0.4 is 0 Å². The number of nitrogens with zero attached hydrogens (tertiary/aromatic N) is 3. The second-order valence-electron chi connectivity index (χ2n) is 8.12. The largest absolute Gasteiger partial charge is 0.361 e. The molecule has 5 rings (SSSR count). The lowest BCUT2D eigenvalue weighted by Gasteiger charge is -2.44. The number of fused-ring (bicyclic) bond motifs is 1. The highest BCUT2D eigenvalue weighted by Gasteiger charge is 2.44. The maximum atomic E-state index is 12.7. The molecule has 0 bridgehead atoms. The molecule has 28 heavy (non-hydrogen) atoms. The Morgan fingerprint density at radius 1 is 1.00 bits per heavy atom. The summed E-state index contributed by atoms with van der Waals surface area (Å²) >= 11 is 0. The van der Waals surface area contributed by atoms with Crippen LogP contribution in [0.5, 0.6) is 0 Å². The van der Waals surface area contributed by atoms with Gasteiger partial charge in [-0.15, -0.1) is 0 Å². The number of aromatic amines is 1. The molecule has 1 unspecified atom stereocenters. The minimum Gasteiger partial charge on any atom is -0.361 e. The first-order valence-corrected chi connectivity index (χ1v) is 10.0. The van der Waals surface area contributed by atoms with Gasteiger partial charge >= 0.3 is 0 Å². The Hall–Kier alpha value is -2.83. The second kappa shape index (κ2) is 6.65. The van der Waals surface area contributed by atoms with Crippen LogP contribution in [-0.2, 0) is 9.59 Å². The summed E-state index contributed by atoms with van der Waals surface area (Å²) in [5, 5.41) is 1.08. The third-order valence-corrected chi connectivity index (χ3v) is 6.32. The first-order chi connectivity index (χ1) is 13.6. The van der Waals surface area contributed by atoms with Gasteiger partial charge in [0.15, 0.2) is 0 Å². The zero-order chi connectivity index (χ0) is 19.3. The van der Waals surface area contributed by atoms with Crippen molar-refractivity contribution in [3.05, 3.63) is 36.0 Å². The fourth-order valence-corrected chi connectivity index (χ4v) is 4.63. The predicted octanol–water partition coefficient (Wildman–Crippen LogP) is 1.46. The van der Waals surface area contributed by atoms with E-state index in [1.165, 1.54) is 0 Å². The molecule has 1 aromatic heterocycles. The van der Waals surface area contributed by atoms with Crippen LogP contribution in [0.25, 0.3) is 10.9 Å². The van der Waals surface area contributed by atoms with Crippen molar-refractivity contribution >= 4 is 28.6 Å². The molecule has 7 nitrogen and oxygen atoms in total. The normalized spacial score (nSPS) is 22.9. The Morgan fingerprint density at radius 2 is 1.79 bits per heavy atom. The van der Waals surface area contributed by atoms with Gasteiger partial charge in [-0.05, 0) is 36.4 Å². The fourth-order valence-electron chi connectivity index (χ4n) is 4.63. The number of hydrogen-bond donors (Lipinski definition) is 1. The van der Waals surface area contributed by atoms with Crippen LogP contribution in [0.4, 0.5) is 0 Å². The fraction of sp³-hybridized carbons (Fsp3) is 0.476. The van der Waals surface area contributed by atoms with Gasteiger partial charge in [0.2, 0.25) is 11.8 Å². The Balaban J connectivity index is 1.20. The van der Waals surface area contributed by atoms with E-state index in [4.69, 9.17) is 0 Å². The first kappa shape index (κ1) is 17.3. The first-order valence-electron chi connectivity index (χ1n) is 10.0. The molecule has 3 fully saturated rings. The molecule has 0 radical (unpaired) electrons. The minimum absolute atomic E-state index is 0.0101. The summed E-state index contributed by atoms with van der Waals surface area (Å²) < 4.78 is 0. The number of nitrogens with one attached hydrogen (secondary N) is 1. The van der Waals surface area contributed by atoms with Gasteiger partial charge in [-0.25, -0.2) is 0 Å². The molecule has 2 aromatic rings. The molecule has 0 saturated carbocycles. The molecule has 1 atom stereocenters. The van der Waals surface area contributed by atoms with Crippen LogP contribution in [0.15, 0.2) is 30.5 Å². The average Bonchev–Trinajstić information content (AvgIpc) is 3.40. The number of H-pyrrole nitrogens is 1. The highest BCUT2D eigenvalue weighted by atomic mass is 16.2. The lowest BCUT2D eigenvalue weighted by molar-refractivity contribution is -0.135. The van der Waals surface area contributed by atoms with Crippen molar-refractivity contribution in [2.75, 3.05) is 32.7 Å². The summed E-state index contributed by atoms with van der Waals surface area (Å²) in [7, 11) is 0. The maximum Gasteiger partial charge on any atom is 0.254 e. The van der Waals surface area contributed by atoms with Gasteiger partial charge in [0.25, 0.3) is 5.91 Å². The molecule has 146 valence electrons. The van der Waals surface area contributed by atoms with Crippen LogP contribution in [0.2, 0.25) is 0 Å². The molecule has 3 saturated heterocycles. The number of benzene rings is 1. The molecule has 3 amide bonds. The zero-order valence-electron chi connectivity index (χ0n) is 15.8. The van der Waals surface area contributed by atoms with E-state index in [0.29, 0.717) is 31.6 Å². The number of rotatable bonds is 3. The summed E-state index contributed by atoms with van der Waals surface area (Å²) in [5.41, 5.74) is 1.60. The van der Waals surface area contributed by atoms with Crippen LogP contribution in [0, 0.1) is 5.92 Å². The average molecular weight is 380 g/mol. The lowest BCUT2D eigenvalue weighted by atomic mass is 10.0. The lowest BCUT2D eigenvalue weighted by Crippen LogP contribution is -2.61. The van der Waals surface area contributed by atoms with E-state index in [1.807, 2.05) is 40.3 Å². The Bertz CT molecular complexity index is 940. The zero-order valence-corrected chi connectivity index (χ0v) is 15.8. The van der Waals surface area contributed by atoms with Crippen molar-refractivity contribution in [2.45, 2.75) is 25.3 Å². The van der Waals surface area contributed by atoms with Crippen molar-refractivity contribution in [2.24, 2.45) is 5.92 Å². The molecule has 0 spiro atoms. The Labute approximate surface area is 163 Å². The van der Waals surface area contributed by atoms with Crippen LogP contribution >= 0.6 is 0 Å².